The Bertz CT molecular complexity index is 902. The highest BCUT2D eigenvalue weighted by Gasteiger charge is 2.09. The Morgan fingerprint density at radius 3 is 2.54 bits per heavy atom. The zero-order chi connectivity index (χ0) is 19.6. The maximum atomic E-state index is 13.6. The van der Waals surface area contributed by atoms with Crippen molar-refractivity contribution < 1.29 is 9.18 Å². The molecule has 3 rings (SSSR count). The van der Waals surface area contributed by atoms with E-state index in [9.17, 15) is 9.18 Å². The van der Waals surface area contributed by atoms with Gasteiger partial charge >= 0.3 is 0 Å². The van der Waals surface area contributed by atoms with E-state index in [-0.39, 0.29) is 17.4 Å². The summed E-state index contributed by atoms with van der Waals surface area (Å²) in [7, 11) is 0. The summed E-state index contributed by atoms with van der Waals surface area (Å²) in [5.41, 5.74) is 2.15. The smallest absolute Gasteiger partial charge is 0.270 e. The molecule has 1 heterocycles. The van der Waals surface area contributed by atoms with Crippen molar-refractivity contribution in [3.8, 4) is 0 Å². The van der Waals surface area contributed by atoms with Gasteiger partial charge in [-0.05, 0) is 36.5 Å². The Kier molecular flexibility index (Phi) is 7.07. The number of amides is 1. The standard InChI is InChI=1S/C22H23FN4O/c23-19-11-5-4-10-18(19)12-14-25-22(28)20-15-21(27-16-26-20)24-13-6-9-17-7-2-1-3-8-17/h1-5,7-8,10-11,15-16H,6,9,12-14H2,(H,25,28)(H,24,26,27). The van der Waals surface area contributed by atoms with Gasteiger partial charge in [0.2, 0.25) is 0 Å². The van der Waals surface area contributed by atoms with Gasteiger partial charge < -0.3 is 10.6 Å². The van der Waals surface area contributed by atoms with Crippen LogP contribution in [0.3, 0.4) is 0 Å². The molecule has 0 unspecified atom stereocenters. The van der Waals surface area contributed by atoms with Crippen LogP contribution in [0.1, 0.15) is 28.0 Å². The number of carbonyl (C=O) groups is 1. The summed E-state index contributed by atoms with van der Waals surface area (Å²) in [5.74, 6) is 0.0502. The normalized spacial score (nSPS) is 10.5. The van der Waals surface area contributed by atoms with Gasteiger partial charge in [-0.3, -0.25) is 4.79 Å². The fourth-order valence-electron chi connectivity index (χ4n) is 2.83. The average Bonchev–Trinajstić information content (AvgIpc) is 2.73. The number of hydrogen-bond donors (Lipinski definition) is 2. The maximum absolute atomic E-state index is 13.6. The summed E-state index contributed by atoms with van der Waals surface area (Å²) in [6.45, 7) is 1.09. The third kappa shape index (κ3) is 5.87. The Balaban J connectivity index is 1.44. The third-order valence-corrected chi connectivity index (χ3v) is 4.33. The molecule has 3 aromatic rings. The molecular weight excluding hydrogens is 355 g/mol. The fourth-order valence-corrected chi connectivity index (χ4v) is 2.83. The lowest BCUT2D eigenvalue weighted by Crippen LogP contribution is -2.27. The first-order valence-electron chi connectivity index (χ1n) is 9.34. The number of aryl methyl sites for hydroxylation is 1. The predicted octanol–water partition coefficient (Wildman–Crippen LogP) is 3.63. The summed E-state index contributed by atoms with van der Waals surface area (Å²) >= 11 is 0. The van der Waals surface area contributed by atoms with Crippen LogP contribution in [-0.2, 0) is 12.8 Å². The van der Waals surface area contributed by atoms with Crippen molar-refractivity contribution in [1.82, 2.24) is 15.3 Å². The van der Waals surface area contributed by atoms with Crippen LogP contribution in [-0.4, -0.2) is 29.0 Å². The van der Waals surface area contributed by atoms with Crippen LogP contribution in [0.25, 0.3) is 0 Å². The molecule has 1 aromatic heterocycles. The zero-order valence-corrected chi connectivity index (χ0v) is 15.6. The monoisotopic (exact) mass is 378 g/mol. The SMILES string of the molecule is O=C(NCCc1ccccc1F)c1cc(NCCCc2ccccc2)ncn1. The Morgan fingerprint density at radius 2 is 1.71 bits per heavy atom. The van der Waals surface area contributed by atoms with Gasteiger partial charge in [0.05, 0.1) is 0 Å². The Labute approximate surface area is 164 Å². The van der Waals surface area contributed by atoms with E-state index in [1.807, 2.05) is 18.2 Å². The van der Waals surface area contributed by atoms with Crippen molar-refractivity contribution in [3.05, 3.63) is 89.6 Å². The van der Waals surface area contributed by atoms with Crippen LogP contribution in [0.15, 0.2) is 67.0 Å². The number of nitrogens with zero attached hydrogens (tertiary/aromatic N) is 2. The van der Waals surface area contributed by atoms with Crippen LogP contribution in [0.2, 0.25) is 0 Å². The van der Waals surface area contributed by atoms with Crippen molar-refractivity contribution in [2.45, 2.75) is 19.3 Å². The number of rotatable bonds is 9. The molecule has 0 aliphatic heterocycles. The highest BCUT2D eigenvalue weighted by Crippen LogP contribution is 2.08. The van der Waals surface area contributed by atoms with Gasteiger partial charge in [0.1, 0.15) is 23.7 Å². The summed E-state index contributed by atoms with van der Waals surface area (Å²) in [6, 6.07) is 18.5. The number of nitrogens with one attached hydrogen (secondary N) is 2. The van der Waals surface area contributed by atoms with E-state index in [2.05, 4.69) is 32.7 Å². The third-order valence-electron chi connectivity index (χ3n) is 4.33. The Hall–Kier alpha value is -3.28. The van der Waals surface area contributed by atoms with E-state index in [4.69, 9.17) is 0 Å². The highest BCUT2D eigenvalue weighted by molar-refractivity contribution is 5.92. The maximum Gasteiger partial charge on any atom is 0.270 e. The van der Waals surface area contributed by atoms with Gasteiger partial charge in [-0.25, -0.2) is 14.4 Å². The van der Waals surface area contributed by atoms with Crippen molar-refractivity contribution in [3.63, 3.8) is 0 Å². The van der Waals surface area contributed by atoms with E-state index in [1.165, 1.54) is 18.0 Å². The molecule has 0 atom stereocenters. The lowest BCUT2D eigenvalue weighted by Gasteiger charge is -2.08. The molecule has 0 fully saturated rings. The van der Waals surface area contributed by atoms with Crippen molar-refractivity contribution in [2.24, 2.45) is 0 Å². The molecule has 5 nitrogen and oxygen atoms in total. The van der Waals surface area contributed by atoms with E-state index in [1.54, 1.807) is 24.3 Å². The molecule has 28 heavy (non-hydrogen) atoms. The number of hydrogen-bond acceptors (Lipinski definition) is 4. The summed E-state index contributed by atoms with van der Waals surface area (Å²) in [6.07, 6.45) is 3.72. The number of benzene rings is 2. The number of anilines is 1. The van der Waals surface area contributed by atoms with E-state index in [0.29, 0.717) is 24.3 Å². The first-order chi connectivity index (χ1) is 13.7. The lowest BCUT2D eigenvalue weighted by atomic mass is 10.1. The van der Waals surface area contributed by atoms with Crippen LogP contribution >= 0.6 is 0 Å². The van der Waals surface area contributed by atoms with E-state index < -0.39 is 0 Å². The summed E-state index contributed by atoms with van der Waals surface area (Å²) < 4.78 is 13.6. The van der Waals surface area contributed by atoms with Gasteiger partial charge in [-0.2, -0.15) is 0 Å². The van der Waals surface area contributed by atoms with Gasteiger partial charge in [-0.1, -0.05) is 48.5 Å². The van der Waals surface area contributed by atoms with E-state index in [0.717, 1.165) is 19.4 Å². The van der Waals surface area contributed by atoms with Crippen LogP contribution in [0, 0.1) is 5.82 Å². The molecule has 6 heteroatoms. The average molecular weight is 378 g/mol. The molecule has 0 spiro atoms. The summed E-state index contributed by atoms with van der Waals surface area (Å²) in [4.78, 5) is 20.4. The summed E-state index contributed by atoms with van der Waals surface area (Å²) in [5, 5.41) is 5.99. The minimum absolute atomic E-state index is 0.263. The number of halogens is 1. The molecule has 0 aliphatic rings. The lowest BCUT2D eigenvalue weighted by molar-refractivity contribution is 0.0949. The minimum atomic E-state index is -0.300. The zero-order valence-electron chi connectivity index (χ0n) is 15.6. The molecule has 1 amide bonds. The molecule has 0 aliphatic carbocycles. The second kappa shape index (κ2) is 10.2. The first kappa shape index (κ1) is 19.5. The molecule has 0 saturated carbocycles. The molecular formula is C22H23FN4O. The van der Waals surface area contributed by atoms with Gasteiger partial charge in [-0.15, -0.1) is 0 Å². The van der Waals surface area contributed by atoms with Gasteiger partial charge in [0, 0.05) is 19.2 Å². The number of aromatic nitrogens is 2. The van der Waals surface area contributed by atoms with Crippen molar-refractivity contribution in [2.75, 3.05) is 18.4 Å². The van der Waals surface area contributed by atoms with Crippen molar-refractivity contribution >= 4 is 11.7 Å². The molecule has 0 bridgehead atoms. The topological polar surface area (TPSA) is 66.9 Å². The predicted molar refractivity (Wildman–Crippen MR) is 108 cm³/mol. The molecule has 2 aromatic carbocycles. The second-order valence-corrected chi connectivity index (χ2v) is 6.40. The van der Waals surface area contributed by atoms with Gasteiger partial charge in [0.25, 0.3) is 5.91 Å². The van der Waals surface area contributed by atoms with Crippen LogP contribution in [0.5, 0.6) is 0 Å². The van der Waals surface area contributed by atoms with E-state index >= 15 is 0 Å². The second-order valence-electron chi connectivity index (χ2n) is 6.40. The quantitative estimate of drug-likeness (QED) is 0.558. The van der Waals surface area contributed by atoms with Crippen LogP contribution in [0.4, 0.5) is 10.2 Å². The molecule has 144 valence electrons. The minimum Gasteiger partial charge on any atom is -0.370 e. The first-order valence-corrected chi connectivity index (χ1v) is 9.34. The van der Waals surface area contributed by atoms with Gasteiger partial charge in [0.15, 0.2) is 0 Å². The molecule has 2 N–H and O–H groups in total. The Morgan fingerprint density at radius 1 is 0.929 bits per heavy atom. The van der Waals surface area contributed by atoms with Crippen LogP contribution < -0.4 is 10.6 Å². The molecule has 0 saturated heterocycles. The fraction of sp³-hybridized carbons (Fsp3) is 0.227. The number of carbonyl (C=O) groups excluding carboxylic acids is 1. The largest absolute Gasteiger partial charge is 0.370 e. The highest BCUT2D eigenvalue weighted by atomic mass is 19.1. The van der Waals surface area contributed by atoms with Crippen molar-refractivity contribution in [1.29, 1.82) is 0 Å². The molecule has 0 radical (unpaired) electrons.